The second-order valence-electron chi connectivity index (χ2n) is 4.56. The van der Waals surface area contributed by atoms with Crippen molar-refractivity contribution in [3.05, 3.63) is 42.2 Å². The standard InChI is InChI=1S/C15H20N4O/c1-2-8-16-14-10-15(19-11-18-14)17-9-7-12-3-5-13(20)6-4-12/h3-6,10-11,20H,2,7-9H2,1H3,(H2,16,17,18,19). The normalized spacial score (nSPS) is 10.2. The average molecular weight is 272 g/mol. The third kappa shape index (κ3) is 4.42. The fourth-order valence-electron chi connectivity index (χ4n) is 1.80. The molecule has 1 aromatic heterocycles. The molecule has 1 aromatic carbocycles. The molecule has 5 nitrogen and oxygen atoms in total. The number of nitrogens with one attached hydrogen (secondary N) is 2. The zero-order valence-electron chi connectivity index (χ0n) is 11.6. The van der Waals surface area contributed by atoms with E-state index in [1.807, 2.05) is 18.2 Å². The molecule has 0 saturated carbocycles. The maximum absolute atomic E-state index is 9.22. The molecule has 0 unspecified atom stereocenters. The Hall–Kier alpha value is -2.30. The highest BCUT2D eigenvalue weighted by Gasteiger charge is 1.98. The molecule has 20 heavy (non-hydrogen) atoms. The Bertz CT molecular complexity index is 528. The van der Waals surface area contributed by atoms with E-state index in [-0.39, 0.29) is 0 Å². The topological polar surface area (TPSA) is 70.1 Å². The van der Waals surface area contributed by atoms with E-state index in [2.05, 4.69) is 27.5 Å². The van der Waals surface area contributed by atoms with Gasteiger partial charge in [0.2, 0.25) is 0 Å². The van der Waals surface area contributed by atoms with Crippen molar-refractivity contribution in [1.29, 1.82) is 0 Å². The number of nitrogens with zero attached hydrogens (tertiary/aromatic N) is 2. The van der Waals surface area contributed by atoms with Crippen LogP contribution in [0, 0.1) is 0 Å². The molecule has 0 fully saturated rings. The van der Waals surface area contributed by atoms with Gasteiger partial charge in [-0.15, -0.1) is 0 Å². The SMILES string of the molecule is CCCNc1cc(NCCc2ccc(O)cc2)ncn1. The predicted molar refractivity (Wildman–Crippen MR) is 81.1 cm³/mol. The summed E-state index contributed by atoms with van der Waals surface area (Å²) < 4.78 is 0. The number of aromatic nitrogens is 2. The van der Waals surface area contributed by atoms with Crippen molar-refractivity contribution in [2.24, 2.45) is 0 Å². The monoisotopic (exact) mass is 272 g/mol. The zero-order chi connectivity index (χ0) is 14.2. The molecular formula is C15H20N4O. The van der Waals surface area contributed by atoms with Crippen LogP contribution in [0.4, 0.5) is 11.6 Å². The Morgan fingerprint density at radius 1 is 1.00 bits per heavy atom. The first kappa shape index (κ1) is 14.1. The fourth-order valence-corrected chi connectivity index (χ4v) is 1.80. The molecule has 0 atom stereocenters. The molecule has 0 bridgehead atoms. The van der Waals surface area contributed by atoms with Gasteiger partial charge in [0.25, 0.3) is 0 Å². The van der Waals surface area contributed by atoms with Crippen molar-refractivity contribution in [3.63, 3.8) is 0 Å². The largest absolute Gasteiger partial charge is 0.508 e. The van der Waals surface area contributed by atoms with Crippen LogP contribution in [0.15, 0.2) is 36.7 Å². The lowest BCUT2D eigenvalue weighted by molar-refractivity contribution is 0.475. The van der Waals surface area contributed by atoms with Crippen molar-refractivity contribution >= 4 is 11.6 Å². The lowest BCUT2D eigenvalue weighted by Gasteiger charge is -2.08. The molecule has 0 aliphatic heterocycles. The second kappa shape index (κ2) is 7.33. The number of rotatable bonds is 7. The number of aromatic hydroxyl groups is 1. The third-order valence-electron chi connectivity index (χ3n) is 2.88. The minimum atomic E-state index is 0.296. The summed E-state index contributed by atoms with van der Waals surface area (Å²) in [6.07, 6.45) is 3.50. The van der Waals surface area contributed by atoms with Gasteiger partial charge in [0, 0.05) is 19.2 Å². The van der Waals surface area contributed by atoms with Crippen molar-refractivity contribution in [2.45, 2.75) is 19.8 Å². The second-order valence-corrected chi connectivity index (χ2v) is 4.56. The van der Waals surface area contributed by atoms with E-state index < -0.39 is 0 Å². The van der Waals surface area contributed by atoms with Gasteiger partial charge in [-0.05, 0) is 30.5 Å². The lowest BCUT2D eigenvalue weighted by Crippen LogP contribution is -2.08. The summed E-state index contributed by atoms with van der Waals surface area (Å²) >= 11 is 0. The van der Waals surface area contributed by atoms with Crippen LogP contribution in [-0.4, -0.2) is 28.2 Å². The van der Waals surface area contributed by atoms with E-state index in [4.69, 9.17) is 0 Å². The third-order valence-corrected chi connectivity index (χ3v) is 2.88. The van der Waals surface area contributed by atoms with E-state index in [0.29, 0.717) is 5.75 Å². The quantitative estimate of drug-likeness (QED) is 0.723. The molecule has 0 radical (unpaired) electrons. The van der Waals surface area contributed by atoms with E-state index in [1.54, 1.807) is 18.5 Å². The molecular weight excluding hydrogens is 252 g/mol. The maximum atomic E-state index is 9.22. The summed E-state index contributed by atoms with van der Waals surface area (Å²) in [7, 11) is 0. The first-order chi connectivity index (χ1) is 9.78. The summed E-state index contributed by atoms with van der Waals surface area (Å²) in [6.45, 7) is 3.81. The van der Waals surface area contributed by atoms with Gasteiger partial charge >= 0.3 is 0 Å². The van der Waals surface area contributed by atoms with Gasteiger partial charge in [0.1, 0.15) is 23.7 Å². The molecule has 106 valence electrons. The van der Waals surface area contributed by atoms with Crippen molar-refractivity contribution < 1.29 is 5.11 Å². The Morgan fingerprint density at radius 2 is 1.65 bits per heavy atom. The lowest BCUT2D eigenvalue weighted by atomic mass is 10.1. The first-order valence-corrected chi connectivity index (χ1v) is 6.85. The van der Waals surface area contributed by atoms with Crippen LogP contribution in [0.1, 0.15) is 18.9 Å². The van der Waals surface area contributed by atoms with Gasteiger partial charge < -0.3 is 15.7 Å². The van der Waals surface area contributed by atoms with Gasteiger partial charge in [-0.25, -0.2) is 9.97 Å². The predicted octanol–water partition coefficient (Wildman–Crippen LogP) is 2.66. The number of phenols is 1. The van der Waals surface area contributed by atoms with Crippen LogP contribution in [-0.2, 0) is 6.42 Å². The van der Waals surface area contributed by atoms with Crippen molar-refractivity contribution in [2.75, 3.05) is 23.7 Å². The van der Waals surface area contributed by atoms with Gasteiger partial charge in [-0.3, -0.25) is 0 Å². The van der Waals surface area contributed by atoms with Crippen molar-refractivity contribution in [1.82, 2.24) is 9.97 Å². The molecule has 0 aliphatic rings. The Balaban J connectivity index is 1.82. The van der Waals surface area contributed by atoms with Crippen LogP contribution in [0.5, 0.6) is 5.75 Å². The zero-order valence-corrected chi connectivity index (χ0v) is 11.6. The van der Waals surface area contributed by atoms with Gasteiger partial charge in [-0.1, -0.05) is 19.1 Å². The summed E-state index contributed by atoms with van der Waals surface area (Å²) in [4.78, 5) is 8.35. The summed E-state index contributed by atoms with van der Waals surface area (Å²) in [5.74, 6) is 1.95. The minimum Gasteiger partial charge on any atom is -0.508 e. The highest BCUT2D eigenvalue weighted by Crippen LogP contribution is 2.11. The molecule has 0 saturated heterocycles. The molecule has 1 heterocycles. The first-order valence-electron chi connectivity index (χ1n) is 6.85. The molecule has 0 aliphatic carbocycles. The van der Waals surface area contributed by atoms with E-state index >= 15 is 0 Å². The van der Waals surface area contributed by atoms with Crippen LogP contribution in [0.2, 0.25) is 0 Å². The number of anilines is 2. The van der Waals surface area contributed by atoms with Crippen LogP contribution in [0.25, 0.3) is 0 Å². The Labute approximate surface area is 119 Å². The maximum Gasteiger partial charge on any atom is 0.131 e. The Kier molecular flexibility index (Phi) is 5.17. The highest BCUT2D eigenvalue weighted by atomic mass is 16.3. The fraction of sp³-hybridized carbons (Fsp3) is 0.333. The number of phenolic OH excluding ortho intramolecular Hbond substituents is 1. The smallest absolute Gasteiger partial charge is 0.131 e. The van der Waals surface area contributed by atoms with Crippen LogP contribution >= 0.6 is 0 Å². The molecule has 0 spiro atoms. The van der Waals surface area contributed by atoms with Crippen LogP contribution < -0.4 is 10.6 Å². The molecule has 0 amide bonds. The summed E-state index contributed by atoms with van der Waals surface area (Å²) in [5, 5.41) is 15.7. The molecule has 5 heteroatoms. The number of hydrogen-bond acceptors (Lipinski definition) is 5. The molecule has 2 aromatic rings. The van der Waals surface area contributed by atoms with Gasteiger partial charge in [-0.2, -0.15) is 0 Å². The van der Waals surface area contributed by atoms with Gasteiger partial charge in [0.15, 0.2) is 0 Å². The minimum absolute atomic E-state index is 0.296. The molecule has 3 N–H and O–H groups in total. The highest BCUT2D eigenvalue weighted by molar-refractivity contribution is 5.46. The van der Waals surface area contributed by atoms with E-state index in [9.17, 15) is 5.11 Å². The van der Waals surface area contributed by atoms with E-state index in [0.717, 1.165) is 37.6 Å². The average Bonchev–Trinajstić information content (AvgIpc) is 2.48. The number of hydrogen-bond donors (Lipinski definition) is 3. The van der Waals surface area contributed by atoms with Crippen molar-refractivity contribution in [3.8, 4) is 5.75 Å². The van der Waals surface area contributed by atoms with Gasteiger partial charge in [0.05, 0.1) is 0 Å². The van der Waals surface area contributed by atoms with Crippen LogP contribution in [0.3, 0.4) is 0 Å². The Morgan fingerprint density at radius 3 is 2.30 bits per heavy atom. The number of benzene rings is 1. The summed E-state index contributed by atoms with van der Waals surface area (Å²) in [6, 6.07) is 9.16. The summed E-state index contributed by atoms with van der Waals surface area (Å²) in [5.41, 5.74) is 1.17. The van der Waals surface area contributed by atoms with E-state index in [1.165, 1.54) is 5.56 Å². The molecule has 2 rings (SSSR count).